The first kappa shape index (κ1) is 18.0. The van der Waals surface area contributed by atoms with Gasteiger partial charge in [-0.25, -0.2) is 0 Å². The van der Waals surface area contributed by atoms with E-state index >= 15 is 0 Å². The van der Waals surface area contributed by atoms with Gasteiger partial charge in [0.05, 0.1) is 0 Å². The summed E-state index contributed by atoms with van der Waals surface area (Å²) in [7, 11) is 0. The van der Waals surface area contributed by atoms with E-state index in [9.17, 15) is 14.4 Å². The van der Waals surface area contributed by atoms with E-state index in [0.29, 0.717) is 37.3 Å². The van der Waals surface area contributed by atoms with Crippen LogP contribution in [0.3, 0.4) is 0 Å². The Morgan fingerprint density at radius 1 is 1.00 bits per heavy atom. The first-order chi connectivity index (χ1) is 11.4. The van der Waals surface area contributed by atoms with Crippen LogP contribution in [0.5, 0.6) is 0 Å². The summed E-state index contributed by atoms with van der Waals surface area (Å²) in [4.78, 5) is 39.4. The van der Waals surface area contributed by atoms with E-state index in [-0.39, 0.29) is 23.8 Å². The van der Waals surface area contributed by atoms with Gasteiger partial charge in [-0.3, -0.25) is 14.4 Å². The second-order valence-corrected chi connectivity index (χ2v) is 6.16. The van der Waals surface area contributed by atoms with Crippen LogP contribution in [0.1, 0.15) is 47.9 Å². The average molecular weight is 331 g/mol. The van der Waals surface area contributed by atoms with Crippen molar-refractivity contribution in [2.24, 2.45) is 0 Å². The SMILES string of the molecule is CCC(C)NC(=O)c1ccc(C(=O)N2CCN(C(C)=O)CC2)cc1. The number of nitrogens with one attached hydrogen (secondary N) is 1. The van der Waals surface area contributed by atoms with Gasteiger partial charge >= 0.3 is 0 Å². The van der Waals surface area contributed by atoms with Crippen molar-refractivity contribution in [2.45, 2.75) is 33.2 Å². The summed E-state index contributed by atoms with van der Waals surface area (Å²) in [5, 5.41) is 2.90. The third kappa shape index (κ3) is 4.34. The van der Waals surface area contributed by atoms with Gasteiger partial charge in [0.25, 0.3) is 11.8 Å². The van der Waals surface area contributed by atoms with Gasteiger partial charge in [-0.2, -0.15) is 0 Å². The van der Waals surface area contributed by atoms with Crippen molar-refractivity contribution >= 4 is 17.7 Å². The molecular formula is C18H25N3O3. The maximum absolute atomic E-state index is 12.5. The van der Waals surface area contributed by atoms with Gasteiger partial charge < -0.3 is 15.1 Å². The summed E-state index contributed by atoms with van der Waals surface area (Å²) in [6, 6.07) is 6.85. The number of hydrogen-bond acceptors (Lipinski definition) is 3. The van der Waals surface area contributed by atoms with E-state index in [1.165, 1.54) is 0 Å². The van der Waals surface area contributed by atoms with Crippen LogP contribution in [0.2, 0.25) is 0 Å². The van der Waals surface area contributed by atoms with Gasteiger partial charge in [-0.1, -0.05) is 6.92 Å². The summed E-state index contributed by atoms with van der Waals surface area (Å²) < 4.78 is 0. The molecule has 1 aromatic carbocycles. The number of hydrogen-bond donors (Lipinski definition) is 1. The minimum absolute atomic E-state index is 0.0405. The molecule has 1 unspecified atom stereocenters. The van der Waals surface area contributed by atoms with Crippen LogP contribution in [-0.4, -0.2) is 59.7 Å². The van der Waals surface area contributed by atoms with E-state index in [1.807, 2.05) is 13.8 Å². The van der Waals surface area contributed by atoms with Crippen LogP contribution in [0.25, 0.3) is 0 Å². The third-order valence-corrected chi connectivity index (χ3v) is 4.40. The quantitative estimate of drug-likeness (QED) is 0.909. The van der Waals surface area contributed by atoms with Gasteiger partial charge in [0, 0.05) is 50.3 Å². The molecule has 0 spiro atoms. The van der Waals surface area contributed by atoms with Gasteiger partial charge in [0.1, 0.15) is 0 Å². The number of nitrogens with zero attached hydrogens (tertiary/aromatic N) is 2. The summed E-state index contributed by atoms with van der Waals surface area (Å²) in [6.07, 6.45) is 0.870. The smallest absolute Gasteiger partial charge is 0.253 e. The Labute approximate surface area is 142 Å². The number of rotatable bonds is 4. The van der Waals surface area contributed by atoms with Crippen LogP contribution >= 0.6 is 0 Å². The van der Waals surface area contributed by atoms with E-state index in [1.54, 1.807) is 41.0 Å². The summed E-state index contributed by atoms with van der Waals surface area (Å²) in [6.45, 7) is 7.71. The van der Waals surface area contributed by atoms with E-state index < -0.39 is 0 Å². The maximum atomic E-state index is 12.5. The molecule has 1 atom stereocenters. The average Bonchev–Trinajstić information content (AvgIpc) is 2.61. The fourth-order valence-electron chi connectivity index (χ4n) is 2.58. The lowest BCUT2D eigenvalue weighted by atomic mass is 10.1. The molecule has 1 N–H and O–H groups in total. The first-order valence-corrected chi connectivity index (χ1v) is 8.38. The van der Waals surface area contributed by atoms with Crippen molar-refractivity contribution < 1.29 is 14.4 Å². The van der Waals surface area contributed by atoms with Crippen LogP contribution in [0, 0.1) is 0 Å². The van der Waals surface area contributed by atoms with Gasteiger partial charge in [-0.05, 0) is 37.6 Å². The van der Waals surface area contributed by atoms with E-state index in [0.717, 1.165) is 6.42 Å². The molecule has 1 heterocycles. The second kappa shape index (κ2) is 7.95. The van der Waals surface area contributed by atoms with Gasteiger partial charge in [0.15, 0.2) is 0 Å². The topological polar surface area (TPSA) is 69.7 Å². The zero-order valence-corrected chi connectivity index (χ0v) is 14.5. The number of piperazine rings is 1. The molecule has 1 aromatic rings. The van der Waals surface area contributed by atoms with Crippen LogP contribution in [0.4, 0.5) is 0 Å². The molecule has 1 saturated heterocycles. The zero-order chi connectivity index (χ0) is 17.7. The predicted octanol–water partition coefficient (Wildman–Crippen LogP) is 1.52. The Morgan fingerprint density at radius 3 is 2.00 bits per heavy atom. The fraction of sp³-hybridized carbons (Fsp3) is 0.500. The molecule has 6 nitrogen and oxygen atoms in total. The first-order valence-electron chi connectivity index (χ1n) is 8.38. The molecule has 1 fully saturated rings. The molecule has 0 aliphatic carbocycles. The molecule has 24 heavy (non-hydrogen) atoms. The molecule has 130 valence electrons. The minimum Gasteiger partial charge on any atom is -0.350 e. The number of carbonyl (C=O) groups excluding carboxylic acids is 3. The third-order valence-electron chi connectivity index (χ3n) is 4.40. The normalized spacial score (nSPS) is 15.8. The molecule has 0 bridgehead atoms. The Hall–Kier alpha value is -2.37. The highest BCUT2D eigenvalue weighted by molar-refractivity contribution is 5.98. The van der Waals surface area contributed by atoms with Crippen molar-refractivity contribution in [2.75, 3.05) is 26.2 Å². The van der Waals surface area contributed by atoms with Crippen molar-refractivity contribution in [1.29, 1.82) is 0 Å². The van der Waals surface area contributed by atoms with Gasteiger partial charge in [-0.15, -0.1) is 0 Å². The largest absolute Gasteiger partial charge is 0.350 e. The van der Waals surface area contributed by atoms with Crippen molar-refractivity contribution in [3.05, 3.63) is 35.4 Å². The predicted molar refractivity (Wildman–Crippen MR) is 91.8 cm³/mol. The molecule has 0 aromatic heterocycles. The molecule has 1 aliphatic heterocycles. The summed E-state index contributed by atoms with van der Waals surface area (Å²) in [5.41, 5.74) is 1.11. The second-order valence-electron chi connectivity index (χ2n) is 6.16. The Morgan fingerprint density at radius 2 is 1.50 bits per heavy atom. The van der Waals surface area contributed by atoms with Crippen molar-refractivity contribution in [1.82, 2.24) is 15.1 Å². The van der Waals surface area contributed by atoms with Crippen molar-refractivity contribution in [3.63, 3.8) is 0 Å². The van der Waals surface area contributed by atoms with Crippen LogP contribution in [-0.2, 0) is 4.79 Å². The molecule has 0 saturated carbocycles. The highest BCUT2D eigenvalue weighted by Gasteiger charge is 2.23. The molecule has 2 rings (SSSR count). The molecular weight excluding hydrogens is 306 g/mol. The van der Waals surface area contributed by atoms with Crippen molar-refractivity contribution in [3.8, 4) is 0 Å². The molecule has 1 aliphatic rings. The standard InChI is InChI=1S/C18H25N3O3/c1-4-13(2)19-17(23)15-5-7-16(8-6-15)18(24)21-11-9-20(10-12-21)14(3)22/h5-8,13H,4,9-12H2,1-3H3,(H,19,23). The van der Waals surface area contributed by atoms with Gasteiger partial charge in [0.2, 0.25) is 5.91 Å². The van der Waals surface area contributed by atoms with Crippen LogP contribution < -0.4 is 5.32 Å². The lowest BCUT2D eigenvalue weighted by molar-refractivity contribution is -0.130. The highest BCUT2D eigenvalue weighted by atomic mass is 16.2. The Bertz CT molecular complexity index is 604. The minimum atomic E-state index is -0.126. The Balaban J connectivity index is 1.97. The molecule has 3 amide bonds. The maximum Gasteiger partial charge on any atom is 0.253 e. The van der Waals surface area contributed by atoms with E-state index in [2.05, 4.69) is 5.32 Å². The fourth-order valence-corrected chi connectivity index (χ4v) is 2.58. The monoisotopic (exact) mass is 331 g/mol. The Kier molecular flexibility index (Phi) is 5.95. The number of carbonyl (C=O) groups is 3. The molecule has 0 radical (unpaired) electrons. The lowest BCUT2D eigenvalue weighted by Gasteiger charge is -2.34. The van der Waals surface area contributed by atoms with Crippen LogP contribution in [0.15, 0.2) is 24.3 Å². The van der Waals surface area contributed by atoms with E-state index in [4.69, 9.17) is 0 Å². The number of amides is 3. The lowest BCUT2D eigenvalue weighted by Crippen LogP contribution is -2.50. The summed E-state index contributed by atoms with van der Waals surface area (Å²) >= 11 is 0. The zero-order valence-electron chi connectivity index (χ0n) is 14.5. The molecule has 6 heteroatoms. The summed E-state index contributed by atoms with van der Waals surface area (Å²) in [5.74, 6) is -0.149. The number of benzene rings is 1. The highest BCUT2D eigenvalue weighted by Crippen LogP contribution is 2.11.